The van der Waals surface area contributed by atoms with E-state index in [4.69, 9.17) is 4.74 Å². The lowest BCUT2D eigenvalue weighted by Gasteiger charge is -2.27. The summed E-state index contributed by atoms with van der Waals surface area (Å²) in [6.45, 7) is 4.98. The average molecular weight is 462 g/mol. The molecule has 168 valence electrons. The van der Waals surface area contributed by atoms with Crippen molar-refractivity contribution in [1.82, 2.24) is 15.3 Å². The van der Waals surface area contributed by atoms with Crippen LogP contribution in [0.5, 0.6) is 0 Å². The Balaban J connectivity index is 1.39. The molecule has 1 aliphatic rings. The van der Waals surface area contributed by atoms with Crippen LogP contribution in [0.2, 0.25) is 0 Å². The second kappa shape index (κ2) is 9.25. The summed E-state index contributed by atoms with van der Waals surface area (Å²) in [6.07, 6.45) is -2.66. The minimum absolute atomic E-state index is 0.282. The first-order valence-corrected chi connectivity index (χ1v) is 10.8. The maximum Gasteiger partial charge on any atom is 0.416 e. The number of nitrogens with one attached hydrogen (secondary N) is 1. The molecule has 0 radical (unpaired) electrons. The molecule has 1 N–H and O–H groups in total. The van der Waals surface area contributed by atoms with Crippen LogP contribution in [-0.2, 0) is 17.5 Å². The molecule has 1 saturated heterocycles. The van der Waals surface area contributed by atoms with E-state index in [0.29, 0.717) is 40.9 Å². The average Bonchev–Trinajstić information content (AvgIpc) is 3.19. The van der Waals surface area contributed by atoms with Crippen LogP contribution in [0.1, 0.15) is 26.5 Å². The number of hydrogen-bond donors (Lipinski definition) is 1. The first-order chi connectivity index (χ1) is 15.3. The first kappa shape index (κ1) is 22.2. The molecule has 0 aliphatic carbocycles. The van der Waals surface area contributed by atoms with Gasteiger partial charge in [0.25, 0.3) is 5.91 Å². The molecule has 1 aliphatic heterocycles. The summed E-state index contributed by atoms with van der Waals surface area (Å²) in [5, 5.41) is 3.36. The van der Waals surface area contributed by atoms with Crippen LogP contribution in [0, 0.1) is 6.92 Å². The lowest BCUT2D eigenvalue weighted by molar-refractivity contribution is -0.137. The molecule has 6 nitrogen and oxygen atoms in total. The van der Waals surface area contributed by atoms with Gasteiger partial charge in [-0.25, -0.2) is 9.97 Å². The van der Waals surface area contributed by atoms with E-state index in [0.717, 1.165) is 47.9 Å². The fraction of sp³-hybridized carbons (Fsp3) is 0.318. The number of benzene rings is 1. The second-order valence-electron chi connectivity index (χ2n) is 7.32. The standard InChI is InChI=1S/C22H21F3N4O2S/c1-14-19(32-21(28-14)16-3-5-17(6-4-16)22(23,24)25)20(30)27-13-15-2-7-18(26-12-15)29-8-10-31-11-9-29/h2-7,12H,8-11,13H2,1H3,(H,27,30). The van der Waals surface area contributed by atoms with E-state index < -0.39 is 11.7 Å². The molecule has 1 aromatic carbocycles. The molecule has 10 heteroatoms. The summed E-state index contributed by atoms with van der Waals surface area (Å²) in [5.74, 6) is 0.596. The predicted octanol–water partition coefficient (Wildman–Crippen LogP) is 4.30. The van der Waals surface area contributed by atoms with Crippen molar-refractivity contribution in [2.24, 2.45) is 0 Å². The van der Waals surface area contributed by atoms with Crippen molar-refractivity contribution in [2.75, 3.05) is 31.2 Å². The summed E-state index contributed by atoms with van der Waals surface area (Å²) in [6, 6.07) is 8.60. The topological polar surface area (TPSA) is 67.4 Å². The fourth-order valence-corrected chi connectivity index (χ4v) is 4.28. The number of halogens is 3. The molecule has 32 heavy (non-hydrogen) atoms. The van der Waals surface area contributed by atoms with Gasteiger partial charge in [-0.3, -0.25) is 4.79 Å². The number of rotatable bonds is 5. The van der Waals surface area contributed by atoms with E-state index in [9.17, 15) is 18.0 Å². The van der Waals surface area contributed by atoms with E-state index in [1.165, 1.54) is 12.1 Å². The summed E-state index contributed by atoms with van der Waals surface area (Å²) in [7, 11) is 0. The predicted molar refractivity (Wildman–Crippen MR) is 116 cm³/mol. The quantitative estimate of drug-likeness (QED) is 0.613. The Hall–Kier alpha value is -2.98. The fourth-order valence-electron chi connectivity index (χ4n) is 3.30. The smallest absolute Gasteiger partial charge is 0.378 e. The Morgan fingerprint density at radius 1 is 1.16 bits per heavy atom. The maximum atomic E-state index is 12.8. The molecule has 1 amide bonds. The Labute approximate surface area is 187 Å². The molecule has 4 rings (SSSR count). The Bertz CT molecular complexity index is 1080. The Morgan fingerprint density at radius 2 is 1.88 bits per heavy atom. The molecule has 0 unspecified atom stereocenters. The molecule has 3 heterocycles. The lowest BCUT2D eigenvalue weighted by Crippen LogP contribution is -2.36. The number of carbonyl (C=O) groups is 1. The van der Waals surface area contributed by atoms with Crippen LogP contribution < -0.4 is 10.2 Å². The van der Waals surface area contributed by atoms with E-state index in [-0.39, 0.29) is 5.91 Å². The van der Waals surface area contributed by atoms with Crippen molar-refractivity contribution in [3.8, 4) is 10.6 Å². The van der Waals surface area contributed by atoms with E-state index in [1.807, 2.05) is 12.1 Å². The number of nitrogens with zero attached hydrogens (tertiary/aromatic N) is 3. The van der Waals surface area contributed by atoms with Gasteiger partial charge >= 0.3 is 6.18 Å². The second-order valence-corrected chi connectivity index (χ2v) is 8.31. The van der Waals surface area contributed by atoms with Crippen LogP contribution in [0.4, 0.5) is 19.0 Å². The van der Waals surface area contributed by atoms with Gasteiger partial charge in [-0.15, -0.1) is 11.3 Å². The minimum Gasteiger partial charge on any atom is -0.378 e. The SMILES string of the molecule is Cc1nc(-c2ccc(C(F)(F)F)cc2)sc1C(=O)NCc1ccc(N2CCOCC2)nc1. The zero-order chi connectivity index (χ0) is 22.7. The van der Waals surface area contributed by atoms with Gasteiger partial charge in [0.05, 0.1) is 24.5 Å². The van der Waals surface area contributed by atoms with Gasteiger partial charge in [0, 0.05) is 31.4 Å². The number of aromatic nitrogens is 2. The zero-order valence-electron chi connectivity index (χ0n) is 17.3. The lowest BCUT2D eigenvalue weighted by atomic mass is 10.1. The number of thiazole rings is 1. The van der Waals surface area contributed by atoms with Gasteiger partial charge in [-0.2, -0.15) is 13.2 Å². The highest BCUT2D eigenvalue weighted by Crippen LogP contribution is 2.33. The van der Waals surface area contributed by atoms with Crippen molar-refractivity contribution in [3.63, 3.8) is 0 Å². The van der Waals surface area contributed by atoms with Gasteiger partial charge < -0.3 is 15.0 Å². The van der Waals surface area contributed by atoms with Crippen LogP contribution in [0.25, 0.3) is 10.6 Å². The maximum absolute atomic E-state index is 12.8. The Kier molecular flexibility index (Phi) is 6.43. The van der Waals surface area contributed by atoms with Crippen molar-refractivity contribution >= 4 is 23.1 Å². The van der Waals surface area contributed by atoms with Gasteiger partial charge in [0.2, 0.25) is 0 Å². The van der Waals surface area contributed by atoms with Crippen LogP contribution in [0.3, 0.4) is 0 Å². The van der Waals surface area contributed by atoms with Gasteiger partial charge in [-0.1, -0.05) is 18.2 Å². The van der Waals surface area contributed by atoms with E-state index >= 15 is 0 Å². The summed E-state index contributed by atoms with van der Waals surface area (Å²) < 4.78 is 43.6. The number of alkyl halides is 3. The molecular weight excluding hydrogens is 441 g/mol. The monoisotopic (exact) mass is 462 g/mol. The number of morpholine rings is 1. The molecule has 0 spiro atoms. The minimum atomic E-state index is -4.39. The van der Waals surface area contributed by atoms with Crippen molar-refractivity contribution in [3.05, 3.63) is 64.3 Å². The number of pyridine rings is 1. The summed E-state index contributed by atoms with van der Waals surface area (Å²) in [5.41, 5.74) is 1.21. The summed E-state index contributed by atoms with van der Waals surface area (Å²) >= 11 is 1.15. The number of amides is 1. The highest BCUT2D eigenvalue weighted by Gasteiger charge is 2.30. The number of anilines is 1. The van der Waals surface area contributed by atoms with Crippen molar-refractivity contribution in [1.29, 1.82) is 0 Å². The van der Waals surface area contributed by atoms with Gasteiger partial charge in [-0.05, 0) is 30.7 Å². The van der Waals surface area contributed by atoms with E-state index in [1.54, 1.807) is 13.1 Å². The molecule has 2 aromatic heterocycles. The van der Waals surface area contributed by atoms with Crippen LogP contribution in [0.15, 0.2) is 42.6 Å². The number of ether oxygens (including phenoxy) is 1. The normalized spacial score (nSPS) is 14.4. The third kappa shape index (κ3) is 5.08. The zero-order valence-corrected chi connectivity index (χ0v) is 18.1. The van der Waals surface area contributed by atoms with Crippen molar-refractivity contribution < 1.29 is 22.7 Å². The number of aryl methyl sites for hydroxylation is 1. The van der Waals surface area contributed by atoms with Crippen LogP contribution in [-0.4, -0.2) is 42.2 Å². The van der Waals surface area contributed by atoms with Crippen molar-refractivity contribution in [2.45, 2.75) is 19.6 Å². The van der Waals surface area contributed by atoms with E-state index in [2.05, 4.69) is 20.2 Å². The highest BCUT2D eigenvalue weighted by atomic mass is 32.1. The van der Waals surface area contributed by atoms with Crippen LogP contribution >= 0.6 is 11.3 Å². The molecular formula is C22H21F3N4O2S. The molecule has 0 saturated carbocycles. The molecule has 0 bridgehead atoms. The Morgan fingerprint density at radius 3 is 2.50 bits per heavy atom. The number of hydrogen-bond acceptors (Lipinski definition) is 6. The first-order valence-electron chi connectivity index (χ1n) is 10.0. The number of carbonyl (C=O) groups excluding carboxylic acids is 1. The summed E-state index contributed by atoms with van der Waals surface area (Å²) in [4.78, 5) is 24.1. The highest BCUT2D eigenvalue weighted by molar-refractivity contribution is 7.17. The molecule has 0 atom stereocenters. The molecule has 1 fully saturated rings. The third-order valence-electron chi connectivity index (χ3n) is 5.06. The van der Waals surface area contributed by atoms with Gasteiger partial charge in [0.1, 0.15) is 15.7 Å². The molecule has 3 aromatic rings. The van der Waals surface area contributed by atoms with Gasteiger partial charge in [0.15, 0.2) is 0 Å². The third-order valence-corrected chi connectivity index (χ3v) is 6.26. The largest absolute Gasteiger partial charge is 0.416 e.